The van der Waals surface area contributed by atoms with Gasteiger partial charge in [0.25, 0.3) is 0 Å². The van der Waals surface area contributed by atoms with Gasteiger partial charge < -0.3 is 0 Å². The molecule has 0 aromatic heterocycles. The third-order valence-electron chi connectivity index (χ3n) is 2.23. The predicted octanol–water partition coefficient (Wildman–Crippen LogP) is 4.57. The van der Waals surface area contributed by atoms with E-state index in [9.17, 15) is 0 Å². The lowest BCUT2D eigenvalue weighted by Gasteiger charge is -1.91. The maximum absolute atomic E-state index is 2.29. The van der Waals surface area contributed by atoms with Gasteiger partial charge in [-0.2, -0.15) is 0 Å². The molecule has 1 aliphatic rings. The minimum Gasteiger partial charge on any atom is -0.0882 e. The first-order valence-electron chi connectivity index (χ1n) is 5.62. The monoisotopic (exact) mass is 188 g/mol. The molecule has 0 aromatic carbocycles. The van der Waals surface area contributed by atoms with Crippen molar-refractivity contribution in [3.8, 4) is 0 Å². The molecule has 0 saturated heterocycles. The van der Waals surface area contributed by atoms with E-state index in [4.69, 9.17) is 0 Å². The molecule has 0 amide bonds. The van der Waals surface area contributed by atoms with Crippen LogP contribution in [0.5, 0.6) is 0 Å². The Labute approximate surface area is 87.7 Å². The molecule has 0 nitrogen and oxygen atoms in total. The zero-order chi connectivity index (χ0) is 9.90. The molecule has 0 aromatic rings. The SMILES string of the molecule is C1=CCCC/C=C\C/C=C\CC/C=C\1. The van der Waals surface area contributed by atoms with E-state index in [1.165, 1.54) is 19.3 Å². The lowest BCUT2D eigenvalue weighted by atomic mass is 10.2. The Morgan fingerprint density at radius 3 is 1.93 bits per heavy atom. The zero-order valence-electron chi connectivity index (χ0n) is 8.86. The van der Waals surface area contributed by atoms with E-state index in [1.54, 1.807) is 0 Å². The Hall–Kier alpha value is -1.04. The third kappa shape index (κ3) is 6.47. The van der Waals surface area contributed by atoms with Crippen molar-refractivity contribution in [2.24, 2.45) is 0 Å². The second-order valence-electron chi connectivity index (χ2n) is 3.54. The smallest absolute Gasteiger partial charge is 0.0169 e. The summed E-state index contributed by atoms with van der Waals surface area (Å²) < 4.78 is 0. The van der Waals surface area contributed by atoms with Crippen molar-refractivity contribution in [1.29, 1.82) is 0 Å². The largest absolute Gasteiger partial charge is 0.0882 e. The Bertz CT molecular complexity index is 228. The molecule has 0 heterocycles. The summed E-state index contributed by atoms with van der Waals surface area (Å²) in [5, 5.41) is 0. The molecular formula is C14H20. The fourth-order valence-corrected chi connectivity index (χ4v) is 1.40. The number of hydrogen-bond acceptors (Lipinski definition) is 0. The summed E-state index contributed by atoms with van der Waals surface area (Å²) in [5.41, 5.74) is 0. The van der Waals surface area contributed by atoms with Gasteiger partial charge in [-0.3, -0.25) is 0 Å². The summed E-state index contributed by atoms with van der Waals surface area (Å²) >= 11 is 0. The average molecular weight is 188 g/mol. The standard InChI is InChI=1S/C14H20/c1-2-4-6-8-10-12-14-13-11-9-7-5-3-1/h1-4,9,11-12,14H,5-8,10,13H2/b3-1-,4-2?,11-9-,14-12-. The van der Waals surface area contributed by atoms with Crippen molar-refractivity contribution in [1.82, 2.24) is 0 Å². The molecule has 76 valence electrons. The summed E-state index contributed by atoms with van der Waals surface area (Å²) in [5.74, 6) is 0. The van der Waals surface area contributed by atoms with E-state index < -0.39 is 0 Å². The highest BCUT2D eigenvalue weighted by Gasteiger charge is 1.81. The molecule has 0 atom stereocenters. The highest BCUT2D eigenvalue weighted by Crippen LogP contribution is 2.01. The van der Waals surface area contributed by atoms with Crippen LogP contribution in [0.3, 0.4) is 0 Å². The van der Waals surface area contributed by atoms with E-state index in [1.807, 2.05) is 0 Å². The van der Waals surface area contributed by atoms with Gasteiger partial charge in [0, 0.05) is 0 Å². The Kier molecular flexibility index (Phi) is 6.74. The molecule has 0 bridgehead atoms. The van der Waals surface area contributed by atoms with E-state index in [-0.39, 0.29) is 0 Å². The summed E-state index contributed by atoms with van der Waals surface area (Å²) in [7, 11) is 0. The average Bonchev–Trinajstić information content (AvgIpc) is 2.22. The highest BCUT2D eigenvalue weighted by molar-refractivity contribution is 5.03. The summed E-state index contributed by atoms with van der Waals surface area (Å²) in [6.07, 6.45) is 25.0. The van der Waals surface area contributed by atoms with Gasteiger partial charge in [0.05, 0.1) is 0 Å². The lowest BCUT2D eigenvalue weighted by Crippen LogP contribution is -1.70. The lowest BCUT2D eigenvalue weighted by molar-refractivity contribution is 0.865. The Balaban J connectivity index is 2.34. The van der Waals surface area contributed by atoms with Crippen molar-refractivity contribution < 1.29 is 0 Å². The quantitative estimate of drug-likeness (QED) is 0.489. The van der Waals surface area contributed by atoms with Crippen LogP contribution in [0.1, 0.15) is 38.5 Å². The van der Waals surface area contributed by atoms with E-state index in [0.29, 0.717) is 0 Å². The van der Waals surface area contributed by atoms with Gasteiger partial charge in [-0.25, -0.2) is 0 Å². The number of hydrogen-bond donors (Lipinski definition) is 0. The number of rotatable bonds is 0. The summed E-state index contributed by atoms with van der Waals surface area (Å²) in [6, 6.07) is 0. The van der Waals surface area contributed by atoms with Crippen molar-refractivity contribution in [2.45, 2.75) is 38.5 Å². The van der Waals surface area contributed by atoms with Crippen molar-refractivity contribution in [2.75, 3.05) is 0 Å². The molecule has 0 unspecified atom stereocenters. The van der Waals surface area contributed by atoms with Crippen molar-refractivity contribution in [3.63, 3.8) is 0 Å². The molecular weight excluding hydrogens is 168 g/mol. The molecule has 0 spiro atoms. The van der Waals surface area contributed by atoms with Crippen LogP contribution in [-0.2, 0) is 0 Å². The molecule has 0 fully saturated rings. The third-order valence-corrected chi connectivity index (χ3v) is 2.23. The fraction of sp³-hybridized carbons (Fsp3) is 0.429. The maximum atomic E-state index is 2.29. The van der Waals surface area contributed by atoms with Gasteiger partial charge >= 0.3 is 0 Å². The minimum absolute atomic E-state index is 1.10. The first-order chi connectivity index (χ1) is 7.00. The molecule has 1 aliphatic carbocycles. The normalized spacial score (nSPS) is 26.3. The second kappa shape index (κ2) is 8.55. The maximum Gasteiger partial charge on any atom is -0.0169 e. The number of allylic oxidation sites excluding steroid dienone is 8. The molecule has 0 N–H and O–H groups in total. The molecule has 0 radical (unpaired) electrons. The van der Waals surface area contributed by atoms with Crippen LogP contribution in [0, 0.1) is 0 Å². The first-order valence-corrected chi connectivity index (χ1v) is 5.62. The van der Waals surface area contributed by atoms with Gasteiger partial charge in [0.2, 0.25) is 0 Å². The first kappa shape index (κ1) is 11.0. The van der Waals surface area contributed by atoms with Crippen LogP contribution < -0.4 is 0 Å². The second-order valence-corrected chi connectivity index (χ2v) is 3.54. The molecule has 0 heteroatoms. The summed E-state index contributed by atoms with van der Waals surface area (Å²) in [6.45, 7) is 0. The van der Waals surface area contributed by atoms with Crippen LogP contribution >= 0.6 is 0 Å². The Morgan fingerprint density at radius 2 is 1.07 bits per heavy atom. The van der Waals surface area contributed by atoms with Crippen molar-refractivity contribution in [3.05, 3.63) is 48.6 Å². The topological polar surface area (TPSA) is 0 Å². The molecule has 0 aliphatic heterocycles. The molecule has 14 heavy (non-hydrogen) atoms. The van der Waals surface area contributed by atoms with Gasteiger partial charge in [0.1, 0.15) is 0 Å². The highest BCUT2D eigenvalue weighted by atomic mass is 13.9. The molecule has 1 rings (SSSR count). The van der Waals surface area contributed by atoms with Crippen LogP contribution in [0.2, 0.25) is 0 Å². The Morgan fingerprint density at radius 1 is 0.500 bits per heavy atom. The predicted molar refractivity (Wildman–Crippen MR) is 64.3 cm³/mol. The van der Waals surface area contributed by atoms with Crippen LogP contribution in [0.4, 0.5) is 0 Å². The van der Waals surface area contributed by atoms with E-state index >= 15 is 0 Å². The van der Waals surface area contributed by atoms with Crippen LogP contribution in [0.25, 0.3) is 0 Å². The summed E-state index contributed by atoms with van der Waals surface area (Å²) in [4.78, 5) is 0. The van der Waals surface area contributed by atoms with Gasteiger partial charge in [-0.05, 0) is 38.5 Å². The van der Waals surface area contributed by atoms with Crippen molar-refractivity contribution >= 4 is 0 Å². The molecule has 0 saturated carbocycles. The van der Waals surface area contributed by atoms with Gasteiger partial charge in [-0.1, -0.05) is 48.6 Å². The minimum atomic E-state index is 1.10. The van der Waals surface area contributed by atoms with Crippen LogP contribution in [0.15, 0.2) is 48.6 Å². The van der Waals surface area contributed by atoms with Gasteiger partial charge in [-0.15, -0.1) is 0 Å². The zero-order valence-corrected chi connectivity index (χ0v) is 8.86. The van der Waals surface area contributed by atoms with E-state index in [0.717, 1.165) is 19.3 Å². The van der Waals surface area contributed by atoms with Gasteiger partial charge in [0.15, 0.2) is 0 Å². The van der Waals surface area contributed by atoms with Crippen LogP contribution in [-0.4, -0.2) is 0 Å². The van der Waals surface area contributed by atoms with E-state index in [2.05, 4.69) is 48.6 Å². The fourth-order valence-electron chi connectivity index (χ4n) is 1.40.